The van der Waals surface area contributed by atoms with E-state index in [0.29, 0.717) is 0 Å². The largest absolute Gasteiger partial charge is 0.480 e. The van der Waals surface area contributed by atoms with Crippen molar-refractivity contribution in [1.29, 1.82) is 0 Å². The Labute approximate surface area is 122 Å². The zero-order valence-electron chi connectivity index (χ0n) is 12.9. The lowest BCUT2D eigenvalue weighted by Crippen LogP contribution is -2.48. The lowest BCUT2D eigenvalue weighted by molar-refractivity contribution is -0.144. The van der Waals surface area contributed by atoms with Gasteiger partial charge in [-0.25, -0.2) is 4.79 Å². The maximum atomic E-state index is 12.3. The van der Waals surface area contributed by atoms with Gasteiger partial charge in [0.1, 0.15) is 6.04 Å². The minimum atomic E-state index is -0.879. The van der Waals surface area contributed by atoms with Gasteiger partial charge in [0.15, 0.2) is 0 Å². The van der Waals surface area contributed by atoms with Crippen LogP contribution in [0.5, 0.6) is 0 Å². The topological polar surface area (TPSA) is 66.4 Å². The molecule has 0 radical (unpaired) electrons. The second-order valence-corrected chi connectivity index (χ2v) is 5.97. The molecule has 1 amide bonds. The Kier molecular flexibility index (Phi) is 7.63. The number of carboxylic acid groups (broad SMARTS) is 1. The predicted molar refractivity (Wildman–Crippen MR) is 79.4 cm³/mol. The lowest BCUT2D eigenvalue weighted by atomic mass is 9.83. The zero-order chi connectivity index (χ0) is 15.0. The van der Waals surface area contributed by atoms with Crippen molar-refractivity contribution in [2.45, 2.75) is 77.7 Å². The Morgan fingerprint density at radius 3 is 2.35 bits per heavy atom. The molecule has 0 bridgehead atoms. The Balaban J connectivity index is 2.59. The van der Waals surface area contributed by atoms with Crippen LogP contribution in [0.25, 0.3) is 0 Å². The van der Waals surface area contributed by atoms with E-state index >= 15 is 0 Å². The Morgan fingerprint density at radius 2 is 1.85 bits per heavy atom. The molecule has 2 atom stereocenters. The molecule has 1 rings (SSSR count). The van der Waals surface area contributed by atoms with Gasteiger partial charge < -0.3 is 10.4 Å². The first-order chi connectivity index (χ1) is 9.60. The van der Waals surface area contributed by atoms with Gasteiger partial charge in [0.05, 0.1) is 0 Å². The van der Waals surface area contributed by atoms with Crippen molar-refractivity contribution in [3.8, 4) is 0 Å². The number of rotatable bonds is 8. The summed E-state index contributed by atoms with van der Waals surface area (Å²) in [5, 5.41) is 12.2. The molecule has 0 spiro atoms. The highest BCUT2D eigenvalue weighted by Gasteiger charge is 2.32. The van der Waals surface area contributed by atoms with Gasteiger partial charge >= 0.3 is 5.97 Å². The third kappa shape index (κ3) is 5.14. The zero-order valence-corrected chi connectivity index (χ0v) is 12.9. The Hall–Kier alpha value is -1.06. The molecule has 0 saturated heterocycles. The van der Waals surface area contributed by atoms with Crippen molar-refractivity contribution < 1.29 is 14.7 Å². The number of carbonyl (C=O) groups excluding carboxylic acids is 1. The number of unbranched alkanes of at least 4 members (excludes halogenated alkanes) is 1. The summed E-state index contributed by atoms with van der Waals surface area (Å²) >= 11 is 0. The van der Waals surface area contributed by atoms with E-state index in [2.05, 4.69) is 12.2 Å². The molecule has 116 valence electrons. The van der Waals surface area contributed by atoms with Gasteiger partial charge in [-0.2, -0.15) is 0 Å². The molecule has 0 aromatic rings. The van der Waals surface area contributed by atoms with Crippen molar-refractivity contribution in [2.24, 2.45) is 11.8 Å². The monoisotopic (exact) mass is 283 g/mol. The number of amides is 1. The van der Waals surface area contributed by atoms with Gasteiger partial charge in [-0.05, 0) is 31.6 Å². The van der Waals surface area contributed by atoms with Crippen LogP contribution in [-0.2, 0) is 9.59 Å². The predicted octanol–water partition coefficient (Wildman–Crippen LogP) is 3.35. The molecule has 2 N–H and O–H groups in total. The number of hydrogen-bond donors (Lipinski definition) is 2. The van der Waals surface area contributed by atoms with E-state index in [1.807, 2.05) is 6.92 Å². The van der Waals surface area contributed by atoms with Crippen LogP contribution in [-0.4, -0.2) is 23.0 Å². The van der Waals surface area contributed by atoms with Gasteiger partial charge in [0, 0.05) is 5.92 Å². The first-order valence-corrected chi connectivity index (χ1v) is 8.13. The minimum absolute atomic E-state index is 0.0413. The van der Waals surface area contributed by atoms with Crippen molar-refractivity contribution in [3.05, 3.63) is 0 Å². The van der Waals surface area contributed by atoms with Crippen LogP contribution >= 0.6 is 0 Å². The fourth-order valence-electron chi connectivity index (χ4n) is 3.09. The molecule has 2 unspecified atom stereocenters. The van der Waals surface area contributed by atoms with Crippen molar-refractivity contribution >= 4 is 11.9 Å². The number of aliphatic carboxylic acids is 1. The summed E-state index contributed by atoms with van der Waals surface area (Å²) in [6.07, 6.45) is 8.91. The summed E-state index contributed by atoms with van der Waals surface area (Å²) in [6.45, 7) is 4.10. The summed E-state index contributed by atoms with van der Waals surface area (Å²) in [6, 6.07) is -0.696. The molecule has 1 saturated carbocycles. The summed E-state index contributed by atoms with van der Waals surface area (Å²) in [7, 11) is 0. The fourth-order valence-corrected chi connectivity index (χ4v) is 3.09. The van der Waals surface area contributed by atoms with Crippen LogP contribution in [0.4, 0.5) is 0 Å². The lowest BCUT2D eigenvalue weighted by Gasteiger charge is -2.29. The second kappa shape index (κ2) is 8.98. The molecule has 0 aromatic carbocycles. The third-order valence-electron chi connectivity index (χ3n) is 4.45. The van der Waals surface area contributed by atoms with Crippen molar-refractivity contribution in [1.82, 2.24) is 5.32 Å². The molecule has 0 aliphatic heterocycles. The first kappa shape index (κ1) is 17.0. The normalized spacial score (nSPS) is 19.3. The summed E-state index contributed by atoms with van der Waals surface area (Å²) in [4.78, 5) is 23.7. The van der Waals surface area contributed by atoms with E-state index in [1.54, 1.807) is 0 Å². The summed E-state index contributed by atoms with van der Waals surface area (Å²) in [5.74, 6) is -0.885. The number of carboxylic acids is 1. The highest BCUT2D eigenvalue weighted by atomic mass is 16.4. The quantitative estimate of drug-likeness (QED) is 0.718. The first-order valence-electron chi connectivity index (χ1n) is 8.13. The molecule has 1 aliphatic carbocycles. The van der Waals surface area contributed by atoms with Crippen molar-refractivity contribution in [2.75, 3.05) is 0 Å². The van der Waals surface area contributed by atoms with E-state index in [1.165, 1.54) is 6.42 Å². The standard InChI is InChI=1S/C16H29NO3/c1-3-5-9-12(4-2)15(18)17-14(16(19)20)13-10-7-6-8-11-13/h12-14H,3-11H2,1-2H3,(H,17,18)(H,19,20). The minimum Gasteiger partial charge on any atom is -0.480 e. The second-order valence-electron chi connectivity index (χ2n) is 5.97. The third-order valence-corrected chi connectivity index (χ3v) is 4.45. The van der Waals surface area contributed by atoms with Gasteiger partial charge in [-0.1, -0.05) is 46.0 Å². The van der Waals surface area contributed by atoms with Gasteiger partial charge in [-0.3, -0.25) is 4.79 Å². The van der Waals surface area contributed by atoms with Crippen LogP contribution in [0.15, 0.2) is 0 Å². The molecule has 1 aliphatic rings. The van der Waals surface area contributed by atoms with Crippen LogP contribution in [0.2, 0.25) is 0 Å². The summed E-state index contributed by atoms with van der Waals surface area (Å²) in [5.41, 5.74) is 0. The molecule has 0 aromatic heterocycles. The van der Waals surface area contributed by atoms with Gasteiger partial charge in [-0.15, -0.1) is 0 Å². The number of nitrogens with one attached hydrogen (secondary N) is 1. The summed E-state index contributed by atoms with van der Waals surface area (Å²) < 4.78 is 0. The van der Waals surface area contributed by atoms with E-state index < -0.39 is 12.0 Å². The van der Waals surface area contributed by atoms with E-state index in [0.717, 1.165) is 51.4 Å². The van der Waals surface area contributed by atoms with Gasteiger partial charge in [0.2, 0.25) is 5.91 Å². The maximum absolute atomic E-state index is 12.3. The Morgan fingerprint density at radius 1 is 1.20 bits per heavy atom. The highest BCUT2D eigenvalue weighted by molar-refractivity contribution is 5.85. The number of carbonyl (C=O) groups is 2. The molecule has 4 nitrogen and oxygen atoms in total. The van der Waals surface area contributed by atoms with E-state index in [4.69, 9.17) is 0 Å². The molecular weight excluding hydrogens is 254 g/mol. The van der Waals surface area contributed by atoms with E-state index in [9.17, 15) is 14.7 Å². The fraction of sp³-hybridized carbons (Fsp3) is 0.875. The van der Waals surface area contributed by atoms with Crippen LogP contribution in [0, 0.1) is 11.8 Å². The highest BCUT2D eigenvalue weighted by Crippen LogP contribution is 2.27. The average Bonchev–Trinajstić information content (AvgIpc) is 2.46. The SMILES string of the molecule is CCCCC(CC)C(=O)NC(C(=O)O)C1CCCCC1. The average molecular weight is 283 g/mol. The van der Waals surface area contributed by atoms with Crippen LogP contribution < -0.4 is 5.32 Å². The van der Waals surface area contributed by atoms with Crippen molar-refractivity contribution in [3.63, 3.8) is 0 Å². The van der Waals surface area contributed by atoms with Crippen LogP contribution in [0.1, 0.15) is 71.6 Å². The maximum Gasteiger partial charge on any atom is 0.326 e. The Bertz CT molecular complexity index is 311. The molecule has 0 heterocycles. The molecular formula is C16H29NO3. The van der Waals surface area contributed by atoms with E-state index in [-0.39, 0.29) is 17.7 Å². The molecule has 1 fully saturated rings. The molecule has 20 heavy (non-hydrogen) atoms. The number of hydrogen-bond acceptors (Lipinski definition) is 2. The molecule has 4 heteroatoms. The smallest absolute Gasteiger partial charge is 0.326 e. The van der Waals surface area contributed by atoms with Gasteiger partial charge in [0.25, 0.3) is 0 Å². The van der Waals surface area contributed by atoms with Crippen LogP contribution in [0.3, 0.4) is 0 Å².